The summed E-state index contributed by atoms with van der Waals surface area (Å²) in [6.45, 7) is 4.08. The van der Waals surface area contributed by atoms with E-state index in [-0.39, 0.29) is 31.3 Å². The van der Waals surface area contributed by atoms with Gasteiger partial charge in [0.15, 0.2) is 0 Å². The average Bonchev–Trinajstić information content (AvgIpc) is 3.01. The van der Waals surface area contributed by atoms with Gasteiger partial charge in [0.25, 0.3) is 0 Å². The predicted octanol–water partition coefficient (Wildman–Crippen LogP) is 4.54. The van der Waals surface area contributed by atoms with Crippen LogP contribution in [0.2, 0.25) is 0 Å². The molecule has 0 aliphatic heterocycles. The van der Waals surface area contributed by atoms with Crippen molar-refractivity contribution in [2.24, 2.45) is 0 Å². The number of aromatic nitrogens is 1. The topological polar surface area (TPSA) is 65.6 Å². The lowest BCUT2D eigenvalue weighted by Gasteiger charge is -2.15. The van der Waals surface area contributed by atoms with Crippen molar-refractivity contribution in [2.75, 3.05) is 6.61 Å². The Kier molecular flexibility index (Phi) is 6.85. The minimum Gasteiger partial charge on any atom is -0.396 e. The number of halogens is 1. The average molecular weight is 397 g/mol. The second-order valence-corrected chi connectivity index (χ2v) is 7.58. The fourth-order valence-corrected chi connectivity index (χ4v) is 3.75. The molecule has 4 nitrogen and oxygen atoms in total. The Hall–Kier alpha value is -2.47. The number of hydrogen-bond donors (Lipinski definition) is 3. The van der Waals surface area contributed by atoms with Gasteiger partial charge in [-0.2, -0.15) is 0 Å². The van der Waals surface area contributed by atoms with Crippen LogP contribution in [0.15, 0.2) is 54.6 Å². The van der Waals surface area contributed by atoms with Crippen LogP contribution in [0.3, 0.4) is 0 Å². The fourth-order valence-electron chi connectivity index (χ4n) is 3.75. The molecular formula is C24H28FNO3. The van der Waals surface area contributed by atoms with Crippen LogP contribution in [0, 0.1) is 5.82 Å². The number of aliphatic hydroxyl groups excluding tert-OH is 3. The second kappa shape index (κ2) is 9.35. The lowest BCUT2D eigenvalue weighted by molar-refractivity contribution is 0.0827. The van der Waals surface area contributed by atoms with Gasteiger partial charge >= 0.3 is 0 Å². The van der Waals surface area contributed by atoms with Crippen LogP contribution in [0.4, 0.5) is 4.39 Å². The number of fused-ring (bicyclic) bond motifs is 1. The third-order valence-electron chi connectivity index (χ3n) is 5.05. The van der Waals surface area contributed by atoms with Gasteiger partial charge in [0.1, 0.15) is 5.82 Å². The first kappa shape index (κ1) is 21.2. The number of nitrogens with zero attached hydrogens (tertiary/aromatic N) is 1. The van der Waals surface area contributed by atoms with E-state index in [0.29, 0.717) is 0 Å². The second-order valence-electron chi connectivity index (χ2n) is 7.58. The summed E-state index contributed by atoms with van der Waals surface area (Å²) in [7, 11) is 0. The highest BCUT2D eigenvalue weighted by molar-refractivity contribution is 6.01. The molecule has 3 rings (SSSR count). The third kappa shape index (κ3) is 4.75. The van der Waals surface area contributed by atoms with Crippen molar-refractivity contribution in [2.45, 2.75) is 44.9 Å². The molecule has 0 radical (unpaired) electrons. The Bertz CT molecular complexity index is 976. The van der Waals surface area contributed by atoms with Crippen molar-refractivity contribution in [3.05, 3.63) is 66.1 Å². The Morgan fingerprint density at radius 1 is 1.03 bits per heavy atom. The molecule has 3 N–H and O–H groups in total. The zero-order valence-corrected chi connectivity index (χ0v) is 16.8. The van der Waals surface area contributed by atoms with Crippen LogP contribution < -0.4 is 0 Å². The number of para-hydroxylation sites is 1. The van der Waals surface area contributed by atoms with Crippen molar-refractivity contribution < 1.29 is 19.7 Å². The van der Waals surface area contributed by atoms with Crippen molar-refractivity contribution in [1.82, 2.24) is 4.57 Å². The molecule has 2 aromatic carbocycles. The molecule has 0 saturated heterocycles. The van der Waals surface area contributed by atoms with E-state index in [1.165, 1.54) is 12.1 Å². The first-order chi connectivity index (χ1) is 13.9. The molecule has 2 unspecified atom stereocenters. The minimum atomic E-state index is -0.837. The van der Waals surface area contributed by atoms with E-state index >= 15 is 0 Å². The molecule has 0 aliphatic rings. The molecule has 0 aliphatic carbocycles. The number of hydrogen-bond acceptors (Lipinski definition) is 3. The zero-order chi connectivity index (χ0) is 21.0. The summed E-state index contributed by atoms with van der Waals surface area (Å²) >= 11 is 0. The quantitative estimate of drug-likeness (QED) is 0.523. The maximum Gasteiger partial charge on any atom is 0.123 e. The SMILES string of the molecule is CC(C)n1c(C=CC(O)CC(O)CCO)c(-c2ccc(F)cc2)c2ccccc21. The van der Waals surface area contributed by atoms with E-state index in [1.807, 2.05) is 24.3 Å². The predicted molar refractivity (Wildman–Crippen MR) is 115 cm³/mol. The van der Waals surface area contributed by atoms with Crippen LogP contribution in [-0.2, 0) is 0 Å². The van der Waals surface area contributed by atoms with Gasteiger partial charge in [-0.3, -0.25) is 0 Å². The fraction of sp³-hybridized carbons (Fsp3) is 0.333. The zero-order valence-electron chi connectivity index (χ0n) is 16.8. The van der Waals surface area contributed by atoms with E-state index in [1.54, 1.807) is 18.2 Å². The molecule has 0 bridgehead atoms. The first-order valence-corrected chi connectivity index (χ1v) is 9.96. The van der Waals surface area contributed by atoms with Crippen LogP contribution in [0.25, 0.3) is 28.1 Å². The van der Waals surface area contributed by atoms with Crippen LogP contribution in [0.1, 0.15) is 38.4 Å². The summed E-state index contributed by atoms with van der Waals surface area (Å²) < 4.78 is 15.7. The molecular weight excluding hydrogens is 369 g/mol. The smallest absolute Gasteiger partial charge is 0.123 e. The summed E-state index contributed by atoms with van der Waals surface area (Å²) in [5, 5.41) is 30.1. The van der Waals surface area contributed by atoms with Gasteiger partial charge in [-0.05, 0) is 50.1 Å². The monoisotopic (exact) mass is 397 g/mol. The third-order valence-corrected chi connectivity index (χ3v) is 5.05. The van der Waals surface area contributed by atoms with Crippen molar-refractivity contribution in [1.29, 1.82) is 0 Å². The van der Waals surface area contributed by atoms with Crippen molar-refractivity contribution in [3.63, 3.8) is 0 Å². The molecule has 0 amide bonds. The van der Waals surface area contributed by atoms with Gasteiger partial charge in [0, 0.05) is 41.2 Å². The molecule has 5 heteroatoms. The van der Waals surface area contributed by atoms with Gasteiger partial charge in [0.05, 0.1) is 12.2 Å². The summed E-state index contributed by atoms with van der Waals surface area (Å²) in [5.74, 6) is -0.285. The van der Waals surface area contributed by atoms with E-state index < -0.39 is 12.2 Å². The standard InChI is InChI=1S/C24H28FNO3/c1-16(2)26-22-6-4-3-5-21(22)24(17-7-9-18(25)10-8-17)23(26)12-11-19(28)15-20(29)13-14-27/h3-12,16,19-20,27-29H,13-15H2,1-2H3. The normalized spacial score (nSPS) is 14.2. The Morgan fingerprint density at radius 3 is 2.38 bits per heavy atom. The lowest BCUT2D eigenvalue weighted by atomic mass is 10.0. The first-order valence-electron chi connectivity index (χ1n) is 9.96. The lowest BCUT2D eigenvalue weighted by Crippen LogP contribution is -2.17. The molecule has 29 heavy (non-hydrogen) atoms. The molecule has 0 fully saturated rings. The van der Waals surface area contributed by atoms with Crippen LogP contribution in [-0.4, -0.2) is 38.7 Å². The van der Waals surface area contributed by atoms with Crippen molar-refractivity contribution in [3.8, 4) is 11.1 Å². The molecule has 154 valence electrons. The maximum absolute atomic E-state index is 13.5. The number of rotatable bonds is 8. The largest absolute Gasteiger partial charge is 0.396 e. The summed E-state index contributed by atoms with van der Waals surface area (Å²) in [5.41, 5.74) is 3.87. The van der Waals surface area contributed by atoms with E-state index in [2.05, 4.69) is 24.5 Å². The summed E-state index contributed by atoms with van der Waals surface area (Å²) in [6.07, 6.45) is 2.34. The molecule has 0 saturated carbocycles. The van der Waals surface area contributed by atoms with Gasteiger partial charge in [-0.1, -0.05) is 36.4 Å². The molecule has 1 heterocycles. The number of aliphatic hydroxyl groups is 3. The summed E-state index contributed by atoms with van der Waals surface area (Å²) in [4.78, 5) is 0. The Morgan fingerprint density at radius 2 is 1.72 bits per heavy atom. The highest BCUT2D eigenvalue weighted by atomic mass is 19.1. The van der Waals surface area contributed by atoms with Crippen LogP contribution in [0.5, 0.6) is 0 Å². The molecule has 1 aromatic heterocycles. The molecule has 2 atom stereocenters. The number of benzene rings is 2. The van der Waals surface area contributed by atoms with E-state index in [4.69, 9.17) is 5.11 Å². The van der Waals surface area contributed by atoms with E-state index in [0.717, 1.165) is 27.7 Å². The van der Waals surface area contributed by atoms with Crippen molar-refractivity contribution >= 4 is 17.0 Å². The summed E-state index contributed by atoms with van der Waals surface area (Å²) in [6, 6.07) is 14.7. The molecule has 0 spiro atoms. The highest BCUT2D eigenvalue weighted by Crippen LogP contribution is 2.38. The van der Waals surface area contributed by atoms with Gasteiger partial charge in [-0.15, -0.1) is 0 Å². The Labute approximate surface area is 170 Å². The van der Waals surface area contributed by atoms with Gasteiger partial charge in [-0.25, -0.2) is 4.39 Å². The van der Waals surface area contributed by atoms with Gasteiger partial charge in [0.2, 0.25) is 0 Å². The minimum absolute atomic E-state index is 0.117. The molecule has 3 aromatic rings. The van der Waals surface area contributed by atoms with Crippen LogP contribution >= 0.6 is 0 Å². The maximum atomic E-state index is 13.5. The van der Waals surface area contributed by atoms with Gasteiger partial charge < -0.3 is 19.9 Å². The van der Waals surface area contributed by atoms with E-state index in [9.17, 15) is 14.6 Å². The Balaban J connectivity index is 2.11. The highest BCUT2D eigenvalue weighted by Gasteiger charge is 2.19.